The standard InChI is InChI=1S/C16H19N3O3S/c1-2-3-7-16(20)18-13-8-10-14(11-9-13)23(21,22)19-15-6-4-5-12-17-15/h4-6,8-12H,2-3,7H2,1H3,(H,17,19)(H,18,20). The Bertz CT molecular complexity index is 744. The first-order valence-electron chi connectivity index (χ1n) is 7.35. The lowest BCUT2D eigenvalue weighted by molar-refractivity contribution is -0.116. The van der Waals surface area contributed by atoms with Crippen molar-refractivity contribution in [3.63, 3.8) is 0 Å². The number of hydrogen-bond acceptors (Lipinski definition) is 4. The first-order valence-corrected chi connectivity index (χ1v) is 8.83. The molecular formula is C16H19N3O3S. The lowest BCUT2D eigenvalue weighted by atomic mass is 10.2. The average molecular weight is 333 g/mol. The molecule has 1 aromatic carbocycles. The smallest absolute Gasteiger partial charge is 0.263 e. The Kier molecular flexibility index (Phi) is 5.70. The Labute approximate surface area is 136 Å². The number of sulfonamides is 1. The molecule has 2 N–H and O–H groups in total. The molecule has 6 nitrogen and oxygen atoms in total. The highest BCUT2D eigenvalue weighted by molar-refractivity contribution is 7.92. The van der Waals surface area contributed by atoms with Gasteiger partial charge in [-0.25, -0.2) is 13.4 Å². The fourth-order valence-electron chi connectivity index (χ4n) is 1.90. The first kappa shape index (κ1) is 17.0. The van der Waals surface area contributed by atoms with Crippen LogP contribution in [0.2, 0.25) is 0 Å². The number of benzene rings is 1. The number of hydrogen-bond donors (Lipinski definition) is 2. The summed E-state index contributed by atoms with van der Waals surface area (Å²) in [5.41, 5.74) is 0.572. The number of aromatic nitrogens is 1. The van der Waals surface area contributed by atoms with Gasteiger partial charge in [0.2, 0.25) is 5.91 Å². The molecule has 0 radical (unpaired) electrons. The number of rotatable bonds is 7. The van der Waals surface area contributed by atoms with Crippen molar-refractivity contribution in [3.8, 4) is 0 Å². The van der Waals surface area contributed by atoms with Gasteiger partial charge in [0.1, 0.15) is 5.82 Å². The second kappa shape index (κ2) is 7.73. The van der Waals surface area contributed by atoms with Crippen LogP contribution >= 0.6 is 0 Å². The molecule has 0 fully saturated rings. The predicted molar refractivity (Wildman–Crippen MR) is 89.6 cm³/mol. The molecule has 0 saturated heterocycles. The molecule has 0 atom stereocenters. The minimum absolute atomic E-state index is 0.0749. The van der Waals surface area contributed by atoms with Crippen LogP contribution in [-0.4, -0.2) is 19.3 Å². The zero-order valence-corrected chi connectivity index (χ0v) is 13.6. The number of anilines is 2. The summed E-state index contributed by atoms with van der Waals surface area (Å²) in [6.07, 6.45) is 3.74. The summed E-state index contributed by atoms with van der Waals surface area (Å²) in [6, 6.07) is 11.0. The Hall–Kier alpha value is -2.41. The third-order valence-electron chi connectivity index (χ3n) is 3.11. The van der Waals surface area contributed by atoms with E-state index in [9.17, 15) is 13.2 Å². The third kappa shape index (κ3) is 5.07. The molecule has 0 aliphatic carbocycles. The van der Waals surface area contributed by atoms with Crippen molar-refractivity contribution in [1.82, 2.24) is 4.98 Å². The molecule has 2 aromatic rings. The third-order valence-corrected chi connectivity index (χ3v) is 4.48. The monoisotopic (exact) mass is 333 g/mol. The van der Waals surface area contributed by atoms with E-state index >= 15 is 0 Å². The van der Waals surface area contributed by atoms with E-state index in [0.29, 0.717) is 12.1 Å². The van der Waals surface area contributed by atoms with Crippen LogP contribution in [0.4, 0.5) is 11.5 Å². The number of nitrogens with zero attached hydrogens (tertiary/aromatic N) is 1. The fourth-order valence-corrected chi connectivity index (χ4v) is 2.91. The van der Waals surface area contributed by atoms with Crippen LogP contribution in [0.15, 0.2) is 53.6 Å². The molecule has 1 aromatic heterocycles. The normalized spacial score (nSPS) is 11.0. The van der Waals surface area contributed by atoms with Crippen LogP contribution in [0.1, 0.15) is 26.2 Å². The van der Waals surface area contributed by atoms with E-state index in [1.807, 2.05) is 6.92 Å². The van der Waals surface area contributed by atoms with E-state index < -0.39 is 10.0 Å². The van der Waals surface area contributed by atoms with Crippen LogP contribution < -0.4 is 10.0 Å². The highest BCUT2D eigenvalue weighted by atomic mass is 32.2. The predicted octanol–water partition coefficient (Wildman–Crippen LogP) is 3.01. The molecule has 23 heavy (non-hydrogen) atoms. The van der Waals surface area contributed by atoms with Crippen molar-refractivity contribution < 1.29 is 13.2 Å². The molecule has 1 heterocycles. The first-order chi connectivity index (χ1) is 11.0. The summed E-state index contributed by atoms with van der Waals surface area (Å²) in [5, 5.41) is 2.74. The summed E-state index contributed by atoms with van der Waals surface area (Å²) in [5.74, 6) is 0.179. The lowest BCUT2D eigenvalue weighted by Gasteiger charge is -2.09. The van der Waals surface area contributed by atoms with Gasteiger partial charge >= 0.3 is 0 Å². The summed E-state index contributed by atoms with van der Waals surface area (Å²) in [4.78, 5) is 15.7. The van der Waals surface area contributed by atoms with Gasteiger partial charge in [-0.2, -0.15) is 0 Å². The van der Waals surface area contributed by atoms with Crippen molar-refractivity contribution >= 4 is 27.4 Å². The van der Waals surface area contributed by atoms with Crippen LogP contribution in [0.3, 0.4) is 0 Å². The van der Waals surface area contributed by atoms with Gasteiger partial charge in [0, 0.05) is 18.3 Å². The molecule has 122 valence electrons. The Morgan fingerprint density at radius 3 is 2.48 bits per heavy atom. The van der Waals surface area contributed by atoms with E-state index in [0.717, 1.165) is 12.8 Å². The molecular weight excluding hydrogens is 314 g/mol. The molecule has 1 amide bonds. The number of nitrogens with one attached hydrogen (secondary N) is 2. The summed E-state index contributed by atoms with van der Waals surface area (Å²) in [7, 11) is -3.70. The van der Waals surface area contributed by atoms with Crippen molar-refractivity contribution in [3.05, 3.63) is 48.7 Å². The molecule has 0 aliphatic rings. The molecule has 0 saturated carbocycles. The lowest BCUT2D eigenvalue weighted by Crippen LogP contribution is -2.14. The largest absolute Gasteiger partial charge is 0.326 e. The second-order valence-corrected chi connectivity index (χ2v) is 6.68. The number of unbranched alkanes of at least 4 members (excludes halogenated alkanes) is 1. The van der Waals surface area contributed by atoms with Gasteiger partial charge in [0.25, 0.3) is 10.0 Å². The van der Waals surface area contributed by atoms with Crippen LogP contribution in [0.25, 0.3) is 0 Å². The quantitative estimate of drug-likeness (QED) is 0.815. The number of carbonyl (C=O) groups excluding carboxylic acids is 1. The van der Waals surface area contributed by atoms with Gasteiger partial charge in [-0.1, -0.05) is 19.4 Å². The molecule has 0 unspecified atom stereocenters. The zero-order chi connectivity index (χ0) is 16.7. The van der Waals surface area contributed by atoms with Crippen molar-refractivity contribution in [1.29, 1.82) is 0 Å². The van der Waals surface area contributed by atoms with Gasteiger partial charge in [-0.3, -0.25) is 9.52 Å². The molecule has 0 aliphatic heterocycles. The maximum absolute atomic E-state index is 12.2. The van der Waals surface area contributed by atoms with E-state index in [4.69, 9.17) is 0 Å². The highest BCUT2D eigenvalue weighted by Gasteiger charge is 2.14. The van der Waals surface area contributed by atoms with E-state index in [1.165, 1.54) is 18.3 Å². The van der Waals surface area contributed by atoms with E-state index in [-0.39, 0.29) is 16.6 Å². The number of amides is 1. The Morgan fingerprint density at radius 1 is 1.13 bits per heavy atom. The minimum atomic E-state index is -3.70. The number of pyridine rings is 1. The van der Waals surface area contributed by atoms with Crippen molar-refractivity contribution in [2.24, 2.45) is 0 Å². The average Bonchev–Trinajstić information content (AvgIpc) is 2.54. The highest BCUT2D eigenvalue weighted by Crippen LogP contribution is 2.17. The Balaban J connectivity index is 2.05. The van der Waals surface area contributed by atoms with Gasteiger partial charge in [0.15, 0.2) is 0 Å². The molecule has 2 rings (SSSR count). The summed E-state index contributed by atoms with van der Waals surface area (Å²) < 4.78 is 26.9. The molecule has 0 bridgehead atoms. The van der Waals surface area contributed by atoms with Crippen LogP contribution in [0, 0.1) is 0 Å². The van der Waals surface area contributed by atoms with Gasteiger partial charge in [-0.05, 0) is 42.8 Å². The van der Waals surface area contributed by atoms with Crippen LogP contribution in [-0.2, 0) is 14.8 Å². The van der Waals surface area contributed by atoms with Gasteiger partial charge < -0.3 is 5.32 Å². The number of carbonyl (C=O) groups is 1. The zero-order valence-electron chi connectivity index (χ0n) is 12.8. The van der Waals surface area contributed by atoms with E-state index in [1.54, 1.807) is 30.3 Å². The van der Waals surface area contributed by atoms with Crippen molar-refractivity contribution in [2.45, 2.75) is 31.1 Å². The van der Waals surface area contributed by atoms with Gasteiger partial charge in [-0.15, -0.1) is 0 Å². The maximum Gasteiger partial charge on any atom is 0.263 e. The van der Waals surface area contributed by atoms with Gasteiger partial charge in [0.05, 0.1) is 4.90 Å². The maximum atomic E-state index is 12.2. The van der Waals surface area contributed by atoms with Crippen molar-refractivity contribution in [2.75, 3.05) is 10.0 Å². The fraction of sp³-hybridized carbons (Fsp3) is 0.250. The second-order valence-electron chi connectivity index (χ2n) is 5.00. The molecule has 7 heteroatoms. The topological polar surface area (TPSA) is 88.2 Å². The molecule has 0 spiro atoms. The minimum Gasteiger partial charge on any atom is -0.326 e. The van der Waals surface area contributed by atoms with E-state index in [2.05, 4.69) is 15.0 Å². The summed E-state index contributed by atoms with van der Waals surface area (Å²) in [6.45, 7) is 2.02. The summed E-state index contributed by atoms with van der Waals surface area (Å²) >= 11 is 0. The Morgan fingerprint density at radius 2 is 1.87 bits per heavy atom. The SMILES string of the molecule is CCCCC(=O)Nc1ccc(S(=O)(=O)Nc2ccccn2)cc1. The van der Waals surface area contributed by atoms with Crippen LogP contribution in [0.5, 0.6) is 0 Å².